The first-order valence-electron chi connectivity index (χ1n) is 5.55. The molecule has 0 saturated carbocycles. The summed E-state index contributed by atoms with van der Waals surface area (Å²) in [6.45, 7) is 2.18. The summed E-state index contributed by atoms with van der Waals surface area (Å²) in [5, 5.41) is 15.2. The monoisotopic (exact) mass is 247 g/mol. The van der Waals surface area contributed by atoms with Crippen molar-refractivity contribution in [3.8, 4) is 0 Å². The lowest BCUT2D eigenvalue weighted by atomic mass is 9.87. The van der Waals surface area contributed by atoms with Crippen molar-refractivity contribution in [3.63, 3.8) is 0 Å². The van der Waals surface area contributed by atoms with Crippen molar-refractivity contribution in [3.05, 3.63) is 29.1 Å². The van der Waals surface area contributed by atoms with Gasteiger partial charge in [-0.05, 0) is 28.8 Å². The van der Waals surface area contributed by atoms with E-state index in [-0.39, 0.29) is 13.4 Å². The quantitative estimate of drug-likeness (QED) is 0.775. The van der Waals surface area contributed by atoms with Gasteiger partial charge in [0.1, 0.15) is 0 Å². The second kappa shape index (κ2) is 5.34. The molecule has 0 spiro atoms. The third-order valence-electron chi connectivity index (χ3n) is 2.67. The second-order valence-electron chi connectivity index (χ2n) is 3.98. The number of amides is 1. The molecular formula is C12H14BNO2S. The summed E-state index contributed by atoms with van der Waals surface area (Å²) in [7, 11) is 0.0664. The fourth-order valence-electron chi connectivity index (χ4n) is 1.79. The predicted molar refractivity (Wildman–Crippen MR) is 73.2 cm³/mol. The first-order valence-corrected chi connectivity index (χ1v) is 6.43. The van der Waals surface area contributed by atoms with E-state index in [4.69, 9.17) is 5.02 Å². The maximum absolute atomic E-state index is 10.8. The van der Waals surface area contributed by atoms with Gasteiger partial charge in [-0.3, -0.25) is 4.79 Å². The largest absolute Gasteiger partial charge is 0.449 e. The van der Waals surface area contributed by atoms with Gasteiger partial charge in [0.15, 0.2) is 0 Å². The molecular weight excluding hydrogens is 233 g/mol. The smallest absolute Gasteiger partial charge is 0.304 e. The fraction of sp³-hybridized carbons (Fsp3) is 0.250. The lowest BCUT2D eigenvalue weighted by Gasteiger charge is -2.02. The van der Waals surface area contributed by atoms with Crippen molar-refractivity contribution in [2.75, 3.05) is 6.54 Å². The normalized spacial score (nSPS) is 10.5. The van der Waals surface area contributed by atoms with Crippen LogP contribution in [0.4, 0.5) is 0 Å². The van der Waals surface area contributed by atoms with Gasteiger partial charge in [-0.1, -0.05) is 17.6 Å². The number of thiophene rings is 1. The van der Waals surface area contributed by atoms with Gasteiger partial charge in [-0.2, -0.15) is 0 Å². The third-order valence-corrected chi connectivity index (χ3v) is 3.68. The van der Waals surface area contributed by atoms with Crippen LogP contribution < -0.4 is 10.8 Å². The highest BCUT2D eigenvalue weighted by molar-refractivity contribution is 7.17. The van der Waals surface area contributed by atoms with Crippen LogP contribution in [0.25, 0.3) is 10.1 Å². The molecule has 1 aromatic heterocycles. The molecule has 0 bridgehead atoms. The minimum absolute atomic E-state index is 0.000539. The molecule has 2 rings (SSSR count). The van der Waals surface area contributed by atoms with Crippen LogP contribution in [-0.4, -0.2) is 25.0 Å². The molecule has 1 heterocycles. The van der Waals surface area contributed by atoms with Gasteiger partial charge < -0.3 is 10.3 Å². The van der Waals surface area contributed by atoms with Gasteiger partial charge in [-0.15, -0.1) is 11.3 Å². The number of rotatable bonds is 4. The molecule has 0 aliphatic rings. The lowest BCUT2D eigenvalue weighted by Crippen LogP contribution is -2.22. The molecule has 0 saturated heterocycles. The molecule has 0 unspecified atom stereocenters. The molecule has 0 radical (unpaired) electrons. The molecule has 2 N–H and O–H groups in total. The van der Waals surface area contributed by atoms with E-state index in [1.54, 1.807) is 11.3 Å². The molecule has 2 aromatic rings. The van der Waals surface area contributed by atoms with E-state index in [9.17, 15) is 4.79 Å². The standard InChI is InChI=1S/C12H14BNO2S/c1-8(15)14-5-4-9-7-17-12-3-2-10(13-16)6-11(9)12/h2-3,6-7,13,16H,4-5H2,1H3,(H,14,15). The molecule has 0 atom stereocenters. The maximum atomic E-state index is 10.8. The summed E-state index contributed by atoms with van der Waals surface area (Å²) in [6.07, 6.45) is 0.828. The van der Waals surface area contributed by atoms with E-state index >= 15 is 0 Å². The third kappa shape index (κ3) is 2.87. The zero-order valence-corrected chi connectivity index (χ0v) is 10.5. The molecule has 0 aliphatic heterocycles. The number of carbonyl (C=O) groups is 1. The highest BCUT2D eigenvalue weighted by atomic mass is 32.1. The summed E-state index contributed by atoms with van der Waals surface area (Å²) in [6, 6.07) is 6.00. The van der Waals surface area contributed by atoms with Crippen LogP contribution >= 0.6 is 11.3 Å². The molecule has 1 amide bonds. The number of fused-ring (bicyclic) bond motifs is 1. The Bertz CT molecular complexity index is 538. The van der Waals surface area contributed by atoms with Crippen molar-refractivity contribution in [2.45, 2.75) is 13.3 Å². The van der Waals surface area contributed by atoms with E-state index in [2.05, 4.69) is 10.7 Å². The van der Waals surface area contributed by atoms with E-state index < -0.39 is 0 Å². The summed E-state index contributed by atoms with van der Waals surface area (Å²) in [5.74, 6) is 0.000539. The van der Waals surface area contributed by atoms with Crippen LogP contribution in [0.3, 0.4) is 0 Å². The summed E-state index contributed by atoms with van der Waals surface area (Å²) >= 11 is 1.70. The Morgan fingerprint density at radius 1 is 1.53 bits per heavy atom. The Balaban J connectivity index is 2.19. The van der Waals surface area contributed by atoms with Crippen molar-refractivity contribution >= 4 is 40.3 Å². The summed E-state index contributed by atoms with van der Waals surface area (Å²) < 4.78 is 1.22. The van der Waals surface area contributed by atoms with E-state index in [0.29, 0.717) is 6.54 Å². The van der Waals surface area contributed by atoms with Crippen molar-refractivity contribution in [1.29, 1.82) is 0 Å². The zero-order valence-electron chi connectivity index (χ0n) is 9.69. The van der Waals surface area contributed by atoms with Gasteiger partial charge >= 0.3 is 7.48 Å². The molecule has 5 heteroatoms. The zero-order chi connectivity index (χ0) is 12.3. The molecule has 88 valence electrons. The Morgan fingerprint density at radius 2 is 2.35 bits per heavy atom. The molecule has 0 fully saturated rings. The first kappa shape index (κ1) is 12.1. The van der Waals surface area contributed by atoms with Crippen LogP contribution in [0, 0.1) is 0 Å². The Hall–Kier alpha value is -1.33. The van der Waals surface area contributed by atoms with Gasteiger partial charge in [0.25, 0.3) is 0 Å². The first-order chi connectivity index (χ1) is 8.20. The van der Waals surface area contributed by atoms with Crippen molar-refractivity contribution in [1.82, 2.24) is 5.32 Å². The van der Waals surface area contributed by atoms with Crippen LogP contribution in [0.2, 0.25) is 0 Å². The van der Waals surface area contributed by atoms with Gasteiger partial charge in [0, 0.05) is 18.2 Å². The second-order valence-corrected chi connectivity index (χ2v) is 4.89. The minimum atomic E-state index is 0.000539. The Labute approximate surface area is 105 Å². The SMILES string of the molecule is CC(=O)NCCc1csc2ccc(BO)cc12. The van der Waals surface area contributed by atoms with Gasteiger partial charge in [0.2, 0.25) is 5.91 Å². The molecule has 17 heavy (non-hydrogen) atoms. The van der Waals surface area contributed by atoms with Gasteiger partial charge in [-0.25, -0.2) is 0 Å². The van der Waals surface area contributed by atoms with E-state index in [1.165, 1.54) is 22.6 Å². The fourth-order valence-corrected chi connectivity index (χ4v) is 2.77. The number of benzene rings is 1. The van der Waals surface area contributed by atoms with Crippen LogP contribution in [0.1, 0.15) is 12.5 Å². The minimum Gasteiger partial charge on any atom is -0.449 e. The lowest BCUT2D eigenvalue weighted by molar-refractivity contribution is -0.118. The Kier molecular flexibility index (Phi) is 3.81. The maximum Gasteiger partial charge on any atom is 0.304 e. The summed E-state index contributed by atoms with van der Waals surface area (Å²) in [4.78, 5) is 10.8. The highest BCUT2D eigenvalue weighted by Gasteiger charge is 2.05. The number of hydrogen-bond donors (Lipinski definition) is 2. The van der Waals surface area contributed by atoms with Crippen LogP contribution in [0.5, 0.6) is 0 Å². The topological polar surface area (TPSA) is 49.3 Å². The van der Waals surface area contributed by atoms with Crippen molar-refractivity contribution < 1.29 is 9.82 Å². The molecule has 0 aliphatic carbocycles. The highest BCUT2D eigenvalue weighted by Crippen LogP contribution is 2.25. The average molecular weight is 247 g/mol. The van der Waals surface area contributed by atoms with Crippen molar-refractivity contribution in [2.24, 2.45) is 0 Å². The molecule has 3 nitrogen and oxygen atoms in total. The number of nitrogens with one attached hydrogen (secondary N) is 1. The average Bonchev–Trinajstić information content (AvgIpc) is 2.71. The van der Waals surface area contributed by atoms with Crippen LogP contribution in [0.15, 0.2) is 23.6 Å². The molecule has 1 aromatic carbocycles. The number of hydrogen-bond acceptors (Lipinski definition) is 3. The predicted octanol–water partition coefficient (Wildman–Crippen LogP) is 0.549. The number of carbonyl (C=O) groups excluding carboxylic acids is 1. The van der Waals surface area contributed by atoms with E-state index in [1.807, 2.05) is 18.2 Å². The summed E-state index contributed by atoms with van der Waals surface area (Å²) in [5.41, 5.74) is 2.16. The van der Waals surface area contributed by atoms with Gasteiger partial charge in [0.05, 0.1) is 0 Å². The Morgan fingerprint density at radius 3 is 3.06 bits per heavy atom. The van der Waals surface area contributed by atoms with E-state index in [0.717, 1.165) is 11.9 Å². The van der Waals surface area contributed by atoms with Crippen LogP contribution in [-0.2, 0) is 11.2 Å².